The molecule has 0 saturated carbocycles. The van der Waals surface area contributed by atoms with Gasteiger partial charge in [-0.15, -0.1) is 0 Å². The van der Waals surface area contributed by atoms with Crippen molar-refractivity contribution >= 4 is 5.91 Å². The average Bonchev–Trinajstić information content (AvgIpc) is 2.27. The molecule has 0 aromatic heterocycles. The fraction of sp³-hybridized carbons (Fsp3) is 0.800. The molecular weight excluding hydrogens is 238 g/mol. The smallest absolute Gasteiger partial charge is 0.244 e. The molecule has 1 amide bonds. The van der Waals surface area contributed by atoms with Crippen LogP contribution in [0.3, 0.4) is 0 Å². The first kappa shape index (κ1) is 16.2. The van der Waals surface area contributed by atoms with Crippen LogP contribution in [0.4, 0.5) is 0 Å². The Balaban J connectivity index is 2.25. The van der Waals surface area contributed by atoms with Crippen molar-refractivity contribution in [2.45, 2.75) is 46.2 Å². The van der Waals surface area contributed by atoms with Gasteiger partial charge in [-0.2, -0.15) is 0 Å². The molecule has 1 aliphatic heterocycles. The first-order valence-electron chi connectivity index (χ1n) is 7.23. The fourth-order valence-corrected chi connectivity index (χ4v) is 2.18. The monoisotopic (exact) mass is 267 g/mol. The van der Waals surface area contributed by atoms with E-state index in [1.54, 1.807) is 6.08 Å². The average molecular weight is 267 g/mol. The number of nitrogens with zero attached hydrogens (tertiary/aromatic N) is 2. The van der Waals surface area contributed by atoms with Crippen molar-refractivity contribution in [2.75, 3.05) is 32.7 Å². The molecule has 1 rings (SSSR count). The van der Waals surface area contributed by atoms with Gasteiger partial charge in [0.2, 0.25) is 5.91 Å². The molecular formula is C15H29N3O. The van der Waals surface area contributed by atoms with Gasteiger partial charge in [0.05, 0.1) is 0 Å². The van der Waals surface area contributed by atoms with Crippen LogP contribution in [0.5, 0.6) is 0 Å². The summed E-state index contributed by atoms with van der Waals surface area (Å²) < 4.78 is 0. The molecule has 0 bridgehead atoms. The molecule has 0 unspecified atom stereocenters. The van der Waals surface area contributed by atoms with Crippen LogP contribution in [0.25, 0.3) is 0 Å². The summed E-state index contributed by atoms with van der Waals surface area (Å²) in [6.45, 7) is 15.7. The van der Waals surface area contributed by atoms with Crippen molar-refractivity contribution in [2.24, 2.45) is 0 Å². The van der Waals surface area contributed by atoms with Crippen molar-refractivity contribution < 1.29 is 4.79 Å². The highest BCUT2D eigenvalue weighted by Crippen LogP contribution is 2.05. The number of carbonyl (C=O) groups excluding carboxylic acids is 1. The number of hydrogen-bond acceptors (Lipinski definition) is 3. The van der Waals surface area contributed by atoms with E-state index in [2.05, 4.69) is 29.0 Å². The Morgan fingerprint density at radius 3 is 2.26 bits per heavy atom. The van der Waals surface area contributed by atoms with E-state index in [0.29, 0.717) is 6.04 Å². The summed E-state index contributed by atoms with van der Waals surface area (Å²) in [5.41, 5.74) is -0.162. The van der Waals surface area contributed by atoms with Gasteiger partial charge in [0.15, 0.2) is 0 Å². The van der Waals surface area contributed by atoms with Gasteiger partial charge in [0.1, 0.15) is 0 Å². The topological polar surface area (TPSA) is 35.6 Å². The van der Waals surface area contributed by atoms with Crippen molar-refractivity contribution in [3.8, 4) is 0 Å². The van der Waals surface area contributed by atoms with Crippen LogP contribution in [0.2, 0.25) is 0 Å². The number of nitrogens with one attached hydrogen (secondary N) is 1. The summed E-state index contributed by atoms with van der Waals surface area (Å²) in [6, 6.07) is 0.634. The Kier molecular flexibility index (Phi) is 6.01. The third-order valence-corrected chi connectivity index (χ3v) is 3.27. The Labute approximate surface area is 117 Å². The summed E-state index contributed by atoms with van der Waals surface area (Å²) in [4.78, 5) is 16.5. The molecule has 0 aromatic carbocycles. The van der Waals surface area contributed by atoms with Crippen LogP contribution < -0.4 is 5.32 Å². The van der Waals surface area contributed by atoms with E-state index in [9.17, 15) is 4.79 Å². The van der Waals surface area contributed by atoms with Crippen LogP contribution in [-0.4, -0.2) is 60.0 Å². The molecule has 0 spiro atoms. The molecule has 1 saturated heterocycles. The lowest BCUT2D eigenvalue weighted by Crippen LogP contribution is -2.48. The largest absolute Gasteiger partial charge is 0.348 e. The molecule has 110 valence electrons. The van der Waals surface area contributed by atoms with Gasteiger partial charge in [-0.05, 0) is 34.6 Å². The van der Waals surface area contributed by atoms with Crippen molar-refractivity contribution in [1.82, 2.24) is 15.1 Å². The van der Waals surface area contributed by atoms with Crippen molar-refractivity contribution in [3.05, 3.63) is 12.2 Å². The zero-order valence-corrected chi connectivity index (χ0v) is 13.1. The molecule has 4 nitrogen and oxygen atoms in total. The molecule has 0 radical (unpaired) electrons. The Morgan fingerprint density at radius 1 is 1.21 bits per heavy atom. The molecule has 0 atom stereocenters. The summed E-state index contributed by atoms with van der Waals surface area (Å²) >= 11 is 0. The van der Waals surface area contributed by atoms with Crippen LogP contribution in [0.1, 0.15) is 34.6 Å². The van der Waals surface area contributed by atoms with Gasteiger partial charge in [0, 0.05) is 50.4 Å². The van der Waals surface area contributed by atoms with Crippen LogP contribution in [0.15, 0.2) is 12.2 Å². The number of carbonyl (C=O) groups is 1. The Morgan fingerprint density at radius 2 is 1.79 bits per heavy atom. The summed E-state index contributed by atoms with van der Waals surface area (Å²) in [7, 11) is 0. The van der Waals surface area contributed by atoms with E-state index in [1.165, 1.54) is 0 Å². The summed E-state index contributed by atoms with van der Waals surface area (Å²) in [5.74, 6) is -0.00619. The van der Waals surface area contributed by atoms with Gasteiger partial charge in [-0.3, -0.25) is 14.6 Å². The Hall–Kier alpha value is -0.870. The zero-order chi connectivity index (χ0) is 14.5. The van der Waals surface area contributed by atoms with Gasteiger partial charge < -0.3 is 5.32 Å². The van der Waals surface area contributed by atoms with E-state index in [1.807, 2.05) is 26.8 Å². The molecule has 1 aliphatic rings. The maximum absolute atomic E-state index is 11.6. The summed E-state index contributed by atoms with van der Waals surface area (Å²) in [5, 5.41) is 2.93. The second-order valence-electron chi connectivity index (χ2n) is 6.57. The molecule has 1 heterocycles. The maximum atomic E-state index is 11.6. The summed E-state index contributed by atoms with van der Waals surface area (Å²) in [6.07, 6.45) is 3.62. The lowest BCUT2D eigenvalue weighted by atomic mass is 10.1. The van der Waals surface area contributed by atoms with Crippen LogP contribution in [-0.2, 0) is 4.79 Å². The predicted molar refractivity (Wildman–Crippen MR) is 80.2 cm³/mol. The fourth-order valence-electron chi connectivity index (χ4n) is 2.18. The van der Waals surface area contributed by atoms with E-state index in [4.69, 9.17) is 0 Å². The quantitative estimate of drug-likeness (QED) is 0.784. The first-order chi connectivity index (χ1) is 8.78. The number of rotatable bonds is 4. The molecule has 19 heavy (non-hydrogen) atoms. The lowest BCUT2D eigenvalue weighted by Gasteiger charge is -2.36. The van der Waals surface area contributed by atoms with E-state index in [0.717, 1.165) is 32.7 Å². The van der Waals surface area contributed by atoms with Gasteiger partial charge >= 0.3 is 0 Å². The van der Waals surface area contributed by atoms with Crippen LogP contribution in [0, 0.1) is 0 Å². The third-order valence-electron chi connectivity index (χ3n) is 3.27. The van der Waals surface area contributed by atoms with Gasteiger partial charge in [-0.1, -0.05) is 6.08 Å². The highest BCUT2D eigenvalue weighted by atomic mass is 16.1. The van der Waals surface area contributed by atoms with Crippen molar-refractivity contribution in [3.63, 3.8) is 0 Å². The molecule has 0 aromatic rings. The van der Waals surface area contributed by atoms with Crippen molar-refractivity contribution in [1.29, 1.82) is 0 Å². The predicted octanol–water partition coefficient (Wildman–Crippen LogP) is 1.48. The maximum Gasteiger partial charge on any atom is 0.244 e. The normalized spacial score (nSPS) is 19.3. The highest BCUT2D eigenvalue weighted by Gasteiger charge is 2.17. The Bertz CT molecular complexity index is 310. The number of piperazine rings is 1. The molecule has 1 N–H and O–H groups in total. The minimum Gasteiger partial charge on any atom is -0.348 e. The lowest BCUT2D eigenvalue weighted by molar-refractivity contribution is -0.117. The van der Waals surface area contributed by atoms with E-state index < -0.39 is 0 Å². The molecule has 0 aliphatic carbocycles. The third kappa shape index (κ3) is 6.73. The second-order valence-corrected chi connectivity index (χ2v) is 6.57. The SMILES string of the molecule is CC(C)N1CCN(CC=CC(=O)NC(C)(C)C)CC1. The molecule has 4 heteroatoms. The van der Waals surface area contributed by atoms with Gasteiger partial charge in [0.25, 0.3) is 0 Å². The number of amides is 1. The second kappa shape index (κ2) is 7.06. The minimum absolute atomic E-state index is 0.00619. The van der Waals surface area contributed by atoms with Gasteiger partial charge in [-0.25, -0.2) is 0 Å². The first-order valence-corrected chi connectivity index (χ1v) is 7.23. The number of hydrogen-bond donors (Lipinski definition) is 1. The standard InChI is InChI=1S/C15H29N3O/c1-13(2)18-11-9-17(10-12-18)8-6-7-14(19)16-15(3,4)5/h6-7,13H,8-12H2,1-5H3,(H,16,19). The minimum atomic E-state index is -0.162. The van der Waals surface area contributed by atoms with E-state index >= 15 is 0 Å². The van der Waals surface area contributed by atoms with Crippen LogP contribution >= 0.6 is 0 Å². The van der Waals surface area contributed by atoms with E-state index in [-0.39, 0.29) is 11.4 Å². The molecule has 1 fully saturated rings. The zero-order valence-electron chi connectivity index (χ0n) is 13.1. The highest BCUT2D eigenvalue weighted by molar-refractivity contribution is 5.87.